The van der Waals surface area contributed by atoms with Crippen molar-refractivity contribution >= 4 is 17.6 Å². The van der Waals surface area contributed by atoms with Crippen molar-refractivity contribution in [1.82, 2.24) is 20.0 Å². The van der Waals surface area contributed by atoms with Gasteiger partial charge in [-0.15, -0.1) is 0 Å². The summed E-state index contributed by atoms with van der Waals surface area (Å²) in [4.78, 5) is 27.2. The first-order valence-corrected chi connectivity index (χ1v) is 8.90. The fourth-order valence-corrected chi connectivity index (χ4v) is 3.70. The summed E-state index contributed by atoms with van der Waals surface area (Å²) in [5, 5.41) is 10.3. The van der Waals surface area contributed by atoms with E-state index in [0.29, 0.717) is 39.1 Å². The highest BCUT2D eigenvalue weighted by molar-refractivity contribution is 5.89. The smallest absolute Gasteiger partial charge is 0.245 e. The number of nitrogens with zero attached hydrogens (tertiary/aromatic N) is 3. The zero-order chi connectivity index (χ0) is 17.9. The Bertz CT molecular complexity index is 616. The van der Waals surface area contributed by atoms with Crippen molar-refractivity contribution in [3.63, 3.8) is 0 Å². The number of likely N-dealkylation sites (tertiary alicyclic amines) is 1. The van der Waals surface area contributed by atoms with Crippen molar-refractivity contribution < 1.29 is 14.3 Å². The maximum Gasteiger partial charge on any atom is 0.245 e. The molecule has 0 unspecified atom stereocenters. The van der Waals surface area contributed by atoms with Crippen molar-refractivity contribution in [1.29, 1.82) is 0 Å². The summed E-state index contributed by atoms with van der Waals surface area (Å²) in [6, 6.07) is 1.85. The minimum absolute atomic E-state index is 0.0492. The predicted molar refractivity (Wildman–Crippen MR) is 93.0 cm³/mol. The van der Waals surface area contributed by atoms with Crippen LogP contribution in [0.4, 0.5) is 5.82 Å². The number of piperidine rings is 1. The minimum Gasteiger partial charge on any atom is -0.381 e. The van der Waals surface area contributed by atoms with Gasteiger partial charge < -0.3 is 20.3 Å². The summed E-state index contributed by atoms with van der Waals surface area (Å²) >= 11 is 0. The summed E-state index contributed by atoms with van der Waals surface area (Å²) in [5.74, 6) is 1.01. The highest BCUT2D eigenvalue weighted by Crippen LogP contribution is 2.29. The summed E-state index contributed by atoms with van der Waals surface area (Å²) in [6.45, 7) is 2.48. The van der Waals surface area contributed by atoms with Crippen LogP contribution in [0.15, 0.2) is 12.3 Å². The van der Waals surface area contributed by atoms with Gasteiger partial charge in [0.05, 0.1) is 6.20 Å². The van der Waals surface area contributed by atoms with Gasteiger partial charge in [-0.1, -0.05) is 0 Å². The average Bonchev–Trinajstić information content (AvgIpc) is 3.06. The van der Waals surface area contributed by atoms with E-state index in [1.54, 1.807) is 17.9 Å². The largest absolute Gasteiger partial charge is 0.381 e. The van der Waals surface area contributed by atoms with E-state index >= 15 is 0 Å². The lowest BCUT2D eigenvalue weighted by molar-refractivity contribution is -0.141. The molecule has 8 nitrogen and oxygen atoms in total. The van der Waals surface area contributed by atoms with E-state index in [0.717, 1.165) is 18.7 Å². The molecule has 25 heavy (non-hydrogen) atoms. The van der Waals surface area contributed by atoms with Crippen molar-refractivity contribution in [3.05, 3.63) is 12.3 Å². The first kappa shape index (κ1) is 17.7. The Hall–Kier alpha value is -2.09. The van der Waals surface area contributed by atoms with Gasteiger partial charge in [0.1, 0.15) is 11.4 Å². The normalized spacial score (nSPS) is 21.0. The molecule has 8 heteroatoms. The van der Waals surface area contributed by atoms with Crippen molar-refractivity contribution in [2.45, 2.75) is 31.2 Å². The Morgan fingerprint density at radius 2 is 1.96 bits per heavy atom. The molecule has 2 saturated heterocycles. The Morgan fingerprint density at radius 1 is 1.28 bits per heavy atom. The summed E-state index contributed by atoms with van der Waals surface area (Å²) in [5.41, 5.74) is -0.713. The number of likely N-dealkylation sites (N-methyl/N-ethyl adjacent to an activating group) is 1. The van der Waals surface area contributed by atoms with Crippen LogP contribution >= 0.6 is 0 Å². The van der Waals surface area contributed by atoms with Crippen LogP contribution < -0.4 is 10.6 Å². The molecular weight excluding hydrogens is 322 g/mol. The molecule has 0 aromatic carbocycles. The molecule has 138 valence electrons. The van der Waals surface area contributed by atoms with Gasteiger partial charge in [-0.05, 0) is 25.7 Å². The van der Waals surface area contributed by atoms with E-state index in [-0.39, 0.29) is 17.7 Å². The molecule has 2 fully saturated rings. The molecule has 0 saturated carbocycles. The quantitative estimate of drug-likeness (QED) is 0.820. The van der Waals surface area contributed by atoms with E-state index in [2.05, 4.69) is 15.7 Å². The third kappa shape index (κ3) is 3.63. The zero-order valence-corrected chi connectivity index (χ0v) is 15.0. The maximum atomic E-state index is 12.7. The van der Waals surface area contributed by atoms with Crippen LogP contribution in [0.1, 0.15) is 25.7 Å². The molecule has 2 aliphatic rings. The Morgan fingerprint density at radius 3 is 2.52 bits per heavy atom. The zero-order valence-electron chi connectivity index (χ0n) is 15.0. The molecule has 1 aromatic rings. The molecular formula is C17H27N5O3. The molecule has 0 atom stereocenters. The molecule has 0 radical (unpaired) electrons. The lowest BCUT2D eigenvalue weighted by atomic mass is 9.85. The van der Waals surface area contributed by atoms with Crippen LogP contribution in [0, 0.1) is 5.92 Å². The summed E-state index contributed by atoms with van der Waals surface area (Å²) in [6.07, 6.45) is 4.44. The van der Waals surface area contributed by atoms with Gasteiger partial charge in [0, 0.05) is 52.4 Å². The summed E-state index contributed by atoms with van der Waals surface area (Å²) < 4.78 is 7.06. The molecule has 1 aromatic heterocycles. The number of aromatic nitrogens is 2. The van der Waals surface area contributed by atoms with E-state index in [1.807, 2.05) is 18.0 Å². The average molecular weight is 349 g/mol. The fraction of sp³-hybridized carbons (Fsp3) is 0.706. The second-order valence-corrected chi connectivity index (χ2v) is 6.84. The number of carbonyl (C=O) groups excluding carboxylic acids is 2. The van der Waals surface area contributed by atoms with Gasteiger partial charge in [-0.25, -0.2) is 0 Å². The highest BCUT2D eigenvalue weighted by Gasteiger charge is 2.43. The number of ether oxygens (including phenoxy) is 1. The lowest BCUT2D eigenvalue weighted by Crippen LogP contribution is -2.59. The molecule has 0 aliphatic carbocycles. The Balaban J connectivity index is 1.68. The van der Waals surface area contributed by atoms with E-state index in [9.17, 15) is 9.59 Å². The van der Waals surface area contributed by atoms with Crippen LogP contribution in [0.5, 0.6) is 0 Å². The van der Waals surface area contributed by atoms with Gasteiger partial charge in [-0.3, -0.25) is 14.3 Å². The van der Waals surface area contributed by atoms with Gasteiger partial charge >= 0.3 is 0 Å². The molecule has 2 aliphatic heterocycles. The Labute approximate surface area is 147 Å². The molecule has 2 amide bonds. The number of aryl methyl sites for hydroxylation is 1. The first-order chi connectivity index (χ1) is 12.1. The molecule has 0 bridgehead atoms. The van der Waals surface area contributed by atoms with Crippen LogP contribution in [0.3, 0.4) is 0 Å². The first-order valence-electron chi connectivity index (χ1n) is 8.90. The third-order valence-electron chi connectivity index (χ3n) is 5.35. The lowest BCUT2D eigenvalue weighted by Gasteiger charge is -2.42. The van der Waals surface area contributed by atoms with Crippen LogP contribution in [-0.4, -0.2) is 65.4 Å². The minimum atomic E-state index is -0.713. The number of hydrogen-bond donors (Lipinski definition) is 2. The van der Waals surface area contributed by atoms with E-state index in [1.165, 1.54) is 0 Å². The summed E-state index contributed by atoms with van der Waals surface area (Å²) in [7, 11) is 3.48. The van der Waals surface area contributed by atoms with Gasteiger partial charge in [0.15, 0.2) is 0 Å². The maximum absolute atomic E-state index is 12.7. The number of rotatable bonds is 4. The topological polar surface area (TPSA) is 88.5 Å². The van der Waals surface area contributed by atoms with Crippen molar-refractivity contribution in [2.75, 3.05) is 38.7 Å². The second kappa shape index (κ2) is 7.43. The van der Waals surface area contributed by atoms with E-state index < -0.39 is 5.54 Å². The number of carbonyl (C=O) groups is 2. The standard InChI is InChI=1S/C17H27N5O3/c1-18-16(24)17(20-14-3-8-19-21(14)2)6-9-22(10-7-17)15(23)13-4-11-25-12-5-13/h3,8,13,20H,4-7,9-12H2,1-2H3,(H,18,24). The molecule has 0 spiro atoms. The third-order valence-corrected chi connectivity index (χ3v) is 5.35. The van der Waals surface area contributed by atoms with E-state index in [4.69, 9.17) is 4.74 Å². The molecule has 3 rings (SSSR count). The van der Waals surface area contributed by atoms with Crippen LogP contribution in [0.25, 0.3) is 0 Å². The monoisotopic (exact) mass is 349 g/mol. The predicted octanol–water partition coefficient (Wildman–Crippen LogP) is 0.366. The van der Waals surface area contributed by atoms with Crippen molar-refractivity contribution in [2.24, 2.45) is 13.0 Å². The molecule has 3 heterocycles. The van der Waals surface area contributed by atoms with Crippen LogP contribution in [0.2, 0.25) is 0 Å². The Kier molecular flexibility index (Phi) is 5.27. The highest BCUT2D eigenvalue weighted by atomic mass is 16.5. The number of hydrogen-bond acceptors (Lipinski definition) is 5. The van der Waals surface area contributed by atoms with Gasteiger partial charge in [-0.2, -0.15) is 5.10 Å². The van der Waals surface area contributed by atoms with Crippen molar-refractivity contribution in [3.8, 4) is 0 Å². The second-order valence-electron chi connectivity index (χ2n) is 6.84. The number of nitrogens with one attached hydrogen (secondary N) is 2. The van der Waals surface area contributed by atoms with Gasteiger partial charge in [0.2, 0.25) is 11.8 Å². The number of anilines is 1. The van der Waals surface area contributed by atoms with Gasteiger partial charge in [0.25, 0.3) is 0 Å². The van der Waals surface area contributed by atoms with Crippen LogP contribution in [-0.2, 0) is 21.4 Å². The SMILES string of the molecule is CNC(=O)C1(Nc2ccnn2C)CCN(C(=O)C2CCOCC2)CC1. The molecule has 2 N–H and O–H groups in total. The number of amides is 2. The fourth-order valence-electron chi connectivity index (χ4n) is 3.70.